The van der Waals surface area contributed by atoms with Gasteiger partial charge in [-0.25, -0.2) is 4.79 Å². The molecule has 0 aliphatic carbocycles. The van der Waals surface area contributed by atoms with Gasteiger partial charge in [0.05, 0.1) is 6.61 Å². The topological polar surface area (TPSA) is 52.3 Å². The van der Waals surface area contributed by atoms with Crippen LogP contribution in [0.3, 0.4) is 0 Å². The van der Waals surface area contributed by atoms with Gasteiger partial charge in [0.2, 0.25) is 0 Å². The van der Waals surface area contributed by atoms with Gasteiger partial charge in [-0.05, 0) is 25.3 Å². The molecule has 0 saturated heterocycles. The molecule has 0 saturated carbocycles. The minimum atomic E-state index is -0.228. The van der Waals surface area contributed by atoms with Gasteiger partial charge in [0, 0.05) is 5.57 Å². The fourth-order valence-electron chi connectivity index (χ4n) is 1.13. The minimum absolute atomic E-state index is 0.179. The van der Waals surface area contributed by atoms with Crippen LogP contribution < -0.4 is 5.73 Å². The van der Waals surface area contributed by atoms with Crippen LogP contribution in [0, 0.1) is 5.41 Å². The summed E-state index contributed by atoms with van der Waals surface area (Å²) in [5.74, 6) is -0.228. The molecular weight excluding hydrogens is 178 g/mol. The van der Waals surface area contributed by atoms with Crippen LogP contribution in [0.25, 0.3) is 0 Å². The Hall–Kier alpha value is -0.830. The minimum Gasteiger partial charge on any atom is -0.463 e. The Morgan fingerprint density at radius 2 is 2.00 bits per heavy atom. The normalized spacial score (nSPS) is 12.8. The van der Waals surface area contributed by atoms with Gasteiger partial charge in [-0.2, -0.15) is 0 Å². The predicted octanol–water partition coefficient (Wildman–Crippen LogP) is 1.87. The Morgan fingerprint density at radius 3 is 2.36 bits per heavy atom. The highest BCUT2D eigenvalue weighted by atomic mass is 16.5. The maximum absolute atomic E-state index is 11.6. The molecule has 0 aliphatic rings. The van der Waals surface area contributed by atoms with Gasteiger partial charge in [-0.15, -0.1) is 0 Å². The zero-order chi connectivity index (χ0) is 11.2. The van der Waals surface area contributed by atoms with Gasteiger partial charge in [-0.3, -0.25) is 0 Å². The third-order valence-electron chi connectivity index (χ3n) is 1.82. The molecule has 14 heavy (non-hydrogen) atoms. The fraction of sp³-hybridized carbons (Fsp3) is 0.727. The van der Waals surface area contributed by atoms with Crippen molar-refractivity contribution in [2.24, 2.45) is 11.1 Å². The molecule has 0 heterocycles. The molecule has 2 N–H and O–H groups in total. The molecule has 82 valence electrons. The number of hydrogen-bond donors (Lipinski definition) is 1. The lowest BCUT2D eigenvalue weighted by atomic mass is 9.86. The van der Waals surface area contributed by atoms with Crippen LogP contribution in [0.15, 0.2) is 11.6 Å². The molecule has 0 amide bonds. The predicted molar refractivity (Wildman–Crippen MR) is 57.8 cm³/mol. The summed E-state index contributed by atoms with van der Waals surface area (Å²) in [6.45, 7) is 8.75. The van der Waals surface area contributed by atoms with Crippen molar-refractivity contribution in [2.45, 2.75) is 34.1 Å². The van der Waals surface area contributed by atoms with E-state index in [1.807, 2.05) is 26.8 Å². The van der Waals surface area contributed by atoms with E-state index in [1.54, 1.807) is 6.92 Å². The summed E-state index contributed by atoms with van der Waals surface area (Å²) in [6, 6.07) is 0. The largest absolute Gasteiger partial charge is 0.463 e. The van der Waals surface area contributed by atoms with Crippen LogP contribution in [0.5, 0.6) is 0 Å². The molecular formula is C11H21NO2. The number of rotatable bonds is 4. The maximum atomic E-state index is 11.6. The average molecular weight is 199 g/mol. The summed E-state index contributed by atoms with van der Waals surface area (Å²) >= 11 is 0. The smallest absolute Gasteiger partial charge is 0.334 e. The average Bonchev–Trinajstić information content (AvgIpc) is 2.03. The Balaban J connectivity index is 4.64. The van der Waals surface area contributed by atoms with Crippen LogP contribution in [0.4, 0.5) is 0 Å². The molecule has 3 nitrogen and oxygen atoms in total. The van der Waals surface area contributed by atoms with Gasteiger partial charge in [0.25, 0.3) is 0 Å². The van der Waals surface area contributed by atoms with Gasteiger partial charge in [0.15, 0.2) is 0 Å². The summed E-state index contributed by atoms with van der Waals surface area (Å²) in [5, 5.41) is 0. The van der Waals surface area contributed by atoms with Crippen molar-refractivity contribution in [1.29, 1.82) is 0 Å². The molecule has 0 fully saturated rings. The van der Waals surface area contributed by atoms with Crippen molar-refractivity contribution in [2.75, 3.05) is 13.2 Å². The third kappa shape index (κ3) is 4.42. The lowest BCUT2D eigenvalue weighted by molar-refractivity contribution is -0.139. The Bertz CT molecular complexity index is 214. The molecule has 0 aromatic carbocycles. The molecule has 0 aromatic heterocycles. The number of carbonyl (C=O) groups is 1. The quantitative estimate of drug-likeness (QED) is 0.555. The lowest BCUT2D eigenvalue weighted by Crippen LogP contribution is -2.20. The highest BCUT2D eigenvalue weighted by Crippen LogP contribution is 2.26. The third-order valence-corrected chi connectivity index (χ3v) is 1.82. The first-order chi connectivity index (χ1) is 6.43. The zero-order valence-corrected chi connectivity index (χ0v) is 9.59. The Morgan fingerprint density at radius 1 is 1.43 bits per heavy atom. The second kappa shape index (κ2) is 5.81. The summed E-state index contributed by atoms with van der Waals surface area (Å²) < 4.78 is 4.98. The van der Waals surface area contributed by atoms with E-state index in [4.69, 9.17) is 10.5 Å². The van der Waals surface area contributed by atoms with Crippen molar-refractivity contribution in [3.05, 3.63) is 11.6 Å². The number of hydrogen-bond acceptors (Lipinski definition) is 3. The summed E-state index contributed by atoms with van der Waals surface area (Å²) in [6.07, 6.45) is 2.59. The van der Waals surface area contributed by atoms with Gasteiger partial charge in [-0.1, -0.05) is 26.8 Å². The first kappa shape index (κ1) is 13.2. The molecule has 3 heteroatoms. The summed E-state index contributed by atoms with van der Waals surface area (Å²) in [4.78, 5) is 11.6. The van der Waals surface area contributed by atoms with Crippen molar-refractivity contribution < 1.29 is 9.53 Å². The highest BCUT2D eigenvalue weighted by molar-refractivity contribution is 5.89. The van der Waals surface area contributed by atoms with Crippen LogP contribution in [-0.4, -0.2) is 19.1 Å². The molecule has 0 aliphatic heterocycles. The second-order valence-corrected chi connectivity index (χ2v) is 4.17. The molecule has 0 rings (SSSR count). The van der Waals surface area contributed by atoms with E-state index in [9.17, 15) is 4.79 Å². The van der Waals surface area contributed by atoms with E-state index in [2.05, 4.69) is 0 Å². The van der Waals surface area contributed by atoms with Crippen molar-refractivity contribution in [3.8, 4) is 0 Å². The molecule has 0 radical (unpaired) electrons. The van der Waals surface area contributed by atoms with E-state index >= 15 is 0 Å². The second-order valence-electron chi connectivity index (χ2n) is 4.17. The summed E-state index contributed by atoms with van der Waals surface area (Å²) in [5.41, 5.74) is 5.93. The van der Waals surface area contributed by atoms with Crippen LogP contribution in [-0.2, 0) is 9.53 Å². The van der Waals surface area contributed by atoms with E-state index in [0.717, 1.165) is 0 Å². The number of carbonyl (C=O) groups excluding carboxylic acids is 1. The van der Waals surface area contributed by atoms with Crippen molar-refractivity contribution >= 4 is 5.97 Å². The molecule has 0 unspecified atom stereocenters. The number of ether oxygens (including phenoxy) is 1. The standard InChI is InChI=1S/C11H21NO2/c1-5-14-10(13)9(7-6-8-12)11(2,3)4/h7H,5-6,8,12H2,1-4H3. The van der Waals surface area contributed by atoms with Crippen molar-refractivity contribution in [3.63, 3.8) is 0 Å². The Labute approximate surface area is 86.3 Å². The molecule has 0 atom stereocenters. The van der Waals surface area contributed by atoms with E-state index in [1.165, 1.54) is 0 Å². The van der Waals surface area contributed by atoms with Crippen LogP contribution in [0.1, 0.15) is 34.1 Å². The zero-order valence-electron chi connectivity index (χ0n) is 9.59. The van der Waals surface area contributed by atoms with Gasteiger partial charge in [0.1, 0.15) is 0 Å². The van der Waals surface area contributed by atoms with Crippen molar-refractivity contribution in [1.82, 2.24) is 0 Å². The number of esters is 1. The van der Waals surface area contributed by atoms with E-state index < -0.39 is 0 Å². The molecule has 0 spiro atoms. The first-order valence-corrected chi connectivity index (χ1v) is 5.01. The SMILES string of the molecule is CCOC(=O)C(=CCCN)C(C)(C)C. The van der Waals surface area contributed by atoms with E-state index in [-0.39, 0.29) is 11.4 Å². The Kier molecular flexibility index (Phi) is 5.46. The maximum Gasteiger partial charge on any atom is 0.334 e. The van der Waals surface area contributed by atoms with Crippen LogP contribution in [0.2, 0.25) is 0 Å². The summed E-state index contributed by atoms with van der Waals surface area (Å²) in [7, 11) is 0. The van der Waals surface area contributed by atoms with Gasteiger partial charge >= 0.3 is 5.97 Å². The highest BCUT2D eigenvalue weighted by Gasteiger charge is 2.24. The van der Waals surface area contributed by atoms with E-state index in [0.29, 0.717) is 25.1 Å². The van der Waals surface area contributed by atoms with Crippen LogP contribution >= 0.6 is 0 Å². The first-order valence-electron chi connectivity index (χ1n) is 5.01. The molecule has 0 bridgehead atoms. The fourth-order valence-corrected chi connectivity index (χ4v) is 1.13. The lowest BCUT2D eigenvalue weighted by Gasteiger charge is -2.21. The monoisotopic (exact) mass is 199 g/mol. The molecule has 0 aromatic rings. The van der Waals surface area contributed by atoms with Gasteiger partial charge < -0.3 is 10.5 Å². The number of nitrogens with two attached hydrogens (primary N) is 1.